The minimum absolute atomic E-state index is 0.313. The minimum Gasteiger partial charge on any atom is -0.293 e. The van der Waals surface area contributed by atoms with Gasteiger partial charge >= 0.3 is 0 Å². The van der Waals surface area contributed by atoms with E-state index in [9.17, 15) is 8.42 Å². The van der Waals surface area contributed by atoms with Gasteiger partial charge in [0.2, 0.25) is 10.0 Å². The zero-order chi connectivity index (χ0) is 14.4. The fraction of sp³-hybridized carbons (Fsp3) is 0.385. The van der Waals surface area contributed by atoms with Gasteiger partial charge in [0.15, 0.2) is 0 Å². The molecule has 0 spiro atoms. The largest absolute Gasteiger partial charge is 0.293 e. The quantitative estimate of drug-likeness (QED) is 0.747. The average molecular weight is 329 g/mol. The Labute approximate surface area is 128 Å². The van der Waals surface area contributed by atoms with E-state index in [4.69, 9.17) is 0 Å². The highest BCUT2D eigenvalue weighted by molar-refractivity contribution is 7.88. The van der Waals surface area contributed by atoms with Gasteiger partial charge in [-0.3, -0.25) is 4.90 Å². The molecular weight excluding hydrogens is 312 g/mol. The summed E-state index contributed by atoms with van der Waals surface area (Å²) >= 11 is 3.35. The van der Waals surface area contributed by atoms with Crippen molar-refractivity contribution in [3.05, 3.63) is 44.8 Å². The van der Waals surface area contributed by atoms with Gasteiger partial charge < -0.3 is 0 Å². The molecule has 0 fully saturated rings. The fourth-order valence-corrected chi connectivity index (χ4v) is 3.58. The van der Waals surface area contributed by atoms with E-state index in [1.54, 1.807) is 22.7 Å². The monoisotopic (exact) mass is 329 g/mol. The summed E-state index contributed by atoms with van der Waals surface area (Å²) in [6.45, 7) is 2.59. The van der Waals surface area contributed by atoms with Crippen LogP contribution in [0.2, 0.25) is 0 Å². The maximum Gasteiger partial charge on any atom is 0.225 e. The summed E-state index contributed by atoms with van der Waals surface area (Å²) in [4.78, 5) is 2.22. The minimum atomic E-state index is -3.24. The maximum atomic E-state index is 11.1. The van der Waals surface area contributed by atoms with Gasteiger partial charge in [-0.1, -0.05) is 0 Å². The normalized spacial score (nSPS) is 12.1. The molecule has 0 aliphatic rings. The SMILES string of the molecule is CS(=O)(=O)[N]CCN(Cc1ccsc1)Cc1ccsc1. The Morgan fingerprint density at radius 1 is 1.10 bits per heavy atom. The van der Waals surface area contributed by atoms with Crippen molar-refractivity contribution >= 4 is 32.7 Å². The fourth-order valence-electron chi connectivity index (χ4n) is 1.84. The van der Waals surface area contributed by atoms with Gasteiger partial charge in [0.1, 0.15) is 0 Å². The molecule has 0 aliphatic carbocycles. The smallest absolute Gasteiger partial charge is 0.225 e. The molecule has 0 aliphatic heterocycles. The van der Waals surface area contributed by atoms with Crippen molar-refractivity contribution in [2.75, 3.05) is 19.3 Å². The van der Waals surface area contributed by atoms with Crippen molar-refractivity contribution in [2.24, 2.45) is 0 Å². The first-order valence-corrected chi connectivity index (χ1v) is 9.89. The van der Waals surface area contributed by atoms with E-state index in [2.05, 4.69) is 43.3 Å². The number of hydrogen-bond donors (Lipinski definition) is 0. The Kier molecular flexibility index (Phi) is 5.74. The second-order valence-corrected chi connectivity index (χ2v) is 7.84. The Bertz CT molecular complexity index is 555. The van der Waals surface area contributed by atoms with Crippen LogP contribution < -0.4 is 4.72 Å². The number of hydrogen-bond acceptors (Lipinski definition) is 5. The molecule has 0 amide bonds. The summed E-state index contributed by atoms with van der Waals surface area (Å²) in [5.41, 5.74) is 2.51. The molecule has 2 aromatic rings. The van der Waals surface area contributed by atoms with E-state index in [1.165, 1.54) is 11.1 Å². The van der Waals surface area contributed by atoms with E-state index >= 15 is 0 Å². The molecular formula is C13H17N2O2S3. The highest BCUT2D eigenvalue weighted by Gasteiger charge is 2.10. The Morgan fingerprint density at radius 3 is 2.05 bits per heavy atom. The second-order valence-electron chi connectivity index (χ2n) is 4.56. The summed E-state index contributed by atoms with van der Waals surface area (Å²) in [7, 11) is -3.24. The van der Waals surface area contributed by atoms with Crippen LogP contribution in [0.15, 0.2) is 33.7 Å². The van der Waals surface area contributed by atoms with Crippen LogP contribution in [0.5, 0.6) is 0 Å². The molecule has 0 saturated carbocycles. The highest BCUT2D eigenvalue weighted by Crippen LogP contribution is 2.14. The molecule has 2 heterocycles. The van der Waals surface area contributed by atoms with Gasteiger partial charge in [-0.05, 0) is 44.8 Å². The van der Waals surface area contributed by atoms with Crippen LogP contribution in [-0.2, 0) is 23.1 Å². The lowest BCUT2D eigenvalue weighted by atomic mass is 10.2. The van der Waals surface area contributed by atoms with Gasteiger partial charge in [-0.15, -0.1) is 4.72 Å². The molecule has 109 valence electrons. The molecule has 1 radical (unpaired) electrons. The number of thiophene rings is 2. The second kappa shape index (κ2) is 7.33. The molecule has 0 bridgehead atoms. The Hall–Kier alpha value is -0.730. The van der Waals surface area contributed by atoms with E-state index < -0.39 is 10.0 Å². The molecule has 0 unspecified atom stereocenters. The molecule has 0 atom stereocenters. The predicted octanol–water partition coefficient (Wildman–Crippen LogP) is 2.38. The Balaban J connectivity index is 1.92. The number of nitrogens with zero attached hydrogens (tertiary/aromatic N) is 2. The lowest BCUT2D eigenvalue weighted by Gasteiger charge is -2.21. The molecule has 2 rings (SSSR count). The van der Waals surface area contributed by atoms with Crippen molar-refractivity contribution in [1.29, 1.82) is 0 Å². The van der Waals surface area contributed by atoms with Gasteiger partial charge in [0.25, 0.3) is 0 Å². The lowest BCUT2D eigenvalue weighted by Crippen LogP contribution is -2.30. The standard InChI is InChI=1S/C13H17N2O2S3/c1-20(16,17)14-4-5-15(8-12-2-6-18-10-12)9-13-3-7-19-11-13/h2-3,6-7,10-11H,4-5,8-9H2,1H3. The molecule has 7 heteroatoms. The van der Waals surface area contributed by atoms with Crippen molar-refractivity contribution in [3.63, 3.8) is 0 Å². The first kappa shape index (κ1) is 15.7. The maximum absolute atomic E-state index is 11.1. The Morgan fingerprint density at radius 2 is 1.65 bits per heavy atom. The van der Waals surface area contributed by atoms with Gasteiger partial charge in [-0.25, -0.2) is 8.42 Å². The van der Waals surface area contributed by atoms with E-state index in [-0.39, 0.29) is 0 Å². The van der Waals surface area contributed by atoms with Crippen molar-refractivity contribution in [2.45, 2.75) is 13.1 Å². The summed E-state index contributed by atoms with van der Waals surface area (Å²) < 4.78 is 25.8. The van der Waals surface area contributed by atoms with Crippen LogP contribution in [-0.4, -0.2) is 32.7 Å². The van der Waals surface area contributed by atoms with Gasteiger partial charge in [-0.2, -0.15) is 22.7 Å². The molecule has 0 aromatic carbocycles. The first-order valence-electron chi connectivity index (χ1n) is 6.16. The molecule has 2 aromatic heterocycles. The van der Waals surface area contributed by atoms with Gasteiger partial charge in [0.05, 0.1) is 6.26 Å². The average Bonchev–Trinajstić information content (AvgIpc) is 3.00. The molecule has 0 N–H and O–H groups in total. The van der Waals surface area contributed by atoms with E-state index in [0.29, 0.717) is 13.1 Å². The summed E-state index contributed by atoms with van der Waals surface area (Å²) in [6.07, 6.45) is 1.13. The van der Waals surface area contributed by atoms with Crippen LogP contribution in [0.25, 0.3) is 0 Å². The van der Waals surface area contributed by atoms with Crippen LogP contribution in [0.1, 0.15) is 11.1 Å². The van der Waals surface area contributed by atoms with E-state index in [0.717, 1.165) is 19.3 Å². The summed E-state index contributed by atoms with van der Waals surface area (Å²) in [6, 6.07) is 4.19. The number of rotatable bonds is 8. The van der Waals surface area contributed by atoms with E-state index in [1.807, 2.05) is 0 Å². The zero-order valence-electron chi connectivity index (χ0n) is 11.2. The third-order valence-corrected chi connectivity index (χ3v) is 4.83. The first-order chi connectivity index (χ1) is 9.53. The van der Waals surface area contributed by atoms with Gasteiger partial charge in [0, 0.05) is 26.2 Å². The molecule has 4 nitrogen and oxygen atoms in total. The molecule has 20 heavy (non-hydrogen) atoms. The highest BCUT2D eigenvalue weighted by atomic mass is 32.2. The third-order valence-electron chi connectivity index (χ3n) is 2.71. The topological polar surface area (TPSA) is 51.5 Å². The predicted molar refractivity (Wildman–Crippen MR) is 84.6 cm³/mol. The van der Waals surface area contributed by atoms with Crippen molar-refractivity contribution in [1.82, 2.24) is 9.62 Å². The zero-order valence-corrected chi connectivity index (χ0v) is 13.7. The van der Waals surface area contributed by atoms with Crippen LogP contribution >= 0.6 is 22.7 Å². The molecule has 0 saturated heterocycles. The summed E-state index contributed by atoms with van der Waals surface area (Å²) in [5.74, 6) is 0. The third kappa shape index (κ3) is 5.72. The van der Waals surface area contributed by atoms with Crippen LogP contribution in [0, 0.1) is 0 Å². The van der Waals surface area contributed by atoms with Crippen molar-refractivity contribution < 1.29 is 8.42 Å². The van der Waals surface area contributed by atoms with Crippen molar-refractivity contribution in [3.8, 4) is 0 Å². The summed E-state index contributed by atoms with van der Waals surface area (Å²) in [5, 5.41) is 8.35. The number of sulfonamides is 1. The lowest BCUT2D eigenvalue weighted by molar-refractivity contribution is 0.261. The van der Waals surface area contributed by atoms with Crippen LogP contribution in [0.3, 0.4) is 0 Å². The van der Waals surface area contributed by atoms with Crippen LogP contribution in [0.4, 0.5) is 0 Å².